The molecule has 0 atom stereocenters. The summed E-state index contributed by atoms with van der Waals surface area (Å²) < 4.78 is 13.3. The summed E-state index contributed by atoms with van der Waals surface area (Å²) in [5.41, 5.74) is 4.98. The van der Waals surface area contributed by atoms with Crippen molar-refractivity contribution >= 4 is 68.6 Å². The van der Waals surface area contributed by atoms with E-state index >= 15 is 0 Å². The maximum Gasteiger partial charge on any atom is 0.250 e. The van der Waals surface area contributed by atoms with E-state index in [2.05, 4.69) is 15.5 Å². The van der Waals surface area contributed by atoms with Gasteiger partial charge in [0.05, 0.1) is 39.3 Å². The Kier molecular flexibility index (Phi) is 8.29. The Labute approximate surface area is 214 Å². The summed E-state index contributed by atoms with van der Waals surface area (Å²) in [6.07, 6.45) is 1.52. The van der Waals surface area contributed by atoms with Crippen LogP contribution in [0.1, 0.15) is 11.1 Å². The number of rotatable bonds is 9. The molecule has 1 N–H and O–H groups in total. The highest BCUT2D eigenvalue weighted by molar-refractivity contribution is 8.01. The predicted molar refractivity (Wildman–Crippen MR) is 140 cm³/mol. The second-order valence-corrected chi connectivity index (χ2v) is 10.0. The van der Waals surface area contributed by atoms with Gasteiger partial charge in [0.25, 0.3) is 5.91 Å². The van der Waals surface area contributed by atoms with E-state index in [1.807, 2.05) is 42.5 Å². The van der Waals surface area contributed by atoms with E-state index in [-0.39, 0.29) is 18.3 Å². The molecule has 4 aromatic rings. The van der Waals surface area contributed by atoms with Crippen LogP contribution in [0.25, 0.3) is 10.2 Å². The fourth-order valence-corrected chi connectivity index (χ4v) is 5.16. The highest BCUT2D eigenvalue weighted by Gasteiger charge is 2.11. The lowest BCUT2D eigenvalue weighted by Crippen LogP contribution is -2.19. The molecule has 34 heavy (non-hydrogen) atoms. The lowest BCUT2D eigenvalue weighted by atomic mass is 10.2. The molecule has 0 bridgehead atoms. The molecule has 3 aromatic carbocycles. The van der Waals surface area contributed by atoms with Gasteiger partial charge in [-0.25, -0.2) is 10.4 Å². The minimum absolute atomic E-state index is 0.204. The van der Waals surface area contributed by atoms with Gasteiger partial charge in [-0.15, -0.1) is 11.3 Å². The highest BCUT2D eigenvalue weighted by atomic mass is 35.5. The second kappa shape index (κ2) is 11.6. The minimum Gasteiger partial charge on any atom is -0.493 e. The van der Waals surface area contributed by atoms with Gasteiger partial charge in [0.1, 0.15) is 6.61 Å². The lowest BCUT2D eigenvalue weighted by molar-refractivity contribution is -0.118. The molecule has 1 aromatic heterocycles. The summed E-state index contributed by atoms with van der Waals surface area (Å²) in [5.74, 6) is 1.01. The zero-order valence-corrected chi connectivity index (χ0v) is 21.1. The number of carbonyl (C=O) groups excluding carboxylic acids is 1. The Bertz CT molecular complexity index is 1310. The average Bonchev–Trinajstić information content (AvgIpc) is 3.27. The summed E-state index contributed by atoms with van der Waals surface area (Å²) in [5, 5.41) is 5.02. The van der Waals surface area contributed by atoms with Crippen molar-refractivity contribution in [3.63, 3.8) is 0 Å². The van der Waals surface area contributed by atoms with E-state index in [0.29, 0.717) is 27.1 Å². The molecule has 0 unspecified atom stereocenters. The minimum atomic E-state index is -0.235. The van der Waals surface area contributed by atoms with Gasteiger partial charge in [-0.3, -0.25) is 4.79 Å². The van der Waals surface area contributed by atoms with Crippen LogP contribution >= 0.6 is 46.3 Å². The number of ether oxygens (including phenoxy) is 2. The van der Waals surface area contributed by atoms with E-state index in [0.717, 1.165) is 20.1 Å². The first-order valence-electron chi connectivity index (χ1n) is 10.1. The van der Waals surface area contributed by atoms with Gasteiger partial charge in [-0.1, -0.05) is 59.2 Å². The Morgan fingerprint density at radius 1 is 1.15 bits per heavy atom. The fraction of sp³-hybridized carbons (Fsp3) is 0.125. The van der Waals surface area contributed by atoms with Gasteiger partial charge in [-0.05, 0) is 42.0 Å². The fourth-order valence-electron chi connectivity index (χ4n) is 2.98. The number of methoxy groups -OCH3 is 1. The lowest BCUT2D eigenvalue weighted by Gasteiger charge is -2.13. The molecule has 1 heterocycles. The van der Waals surface area contributed by atoms with Crippen LogP contribution in [0.4, 0.5) is 0 Å². The molecule has 0 saturated carbocycles. The van der Waals surface area contributed by atoms with Crippen LogP contribution in [0.2, 0.25) is 10.0 Å². The number of aromatic nitrogens is 1. The quantitative estimate of drug-likeness (QED) is 0.153. The third kappa shape index (κ3) is 6.21. The van der Waals surface area contributed by atoms with Gasteiger partial charge < -0.3 is 9.47 Å². The molecule has 174 valence electrons. The third-order valence-corrected chi connectivity index (χ3v) is 7.51. The highest BCUT2D eigenvalue weighted by Crippen LogP contribution is 2.32. The van der Waals surface area contributed by atoms with Crippen molar-refractivity contribution in [3.8, 4) is 11.5 Å². The first-order chi connectivity index (χ1) is 16.5. The topological polar surface area (TPSA) is 72.8 Å². The van der Waals surface area contributed by atoms with Gasteiger partial charge in [0, 0.05) is 5.56 Å². The maximum absolute atomic E-state index is 12.3. The van der Waals surface area contributed by atoms with Gasteiger partial charge >= 0.3 is 0 Å². The number of thioether (sulfide) groups is 1. The number of halogens is 2. The molecule has 0 aliphatic heterocycles. The summed E-state index contributed by atoms with van der Waals surface area (Å²) in [4.78, 5) is 16.8. The zero-order valence-electron chi connectivity index (χ0n) is 18.0. The van der Waals surface area contributed by atoms with E-state index in [4.69, 9.17) is 32.7 Å². The molecule has 0 spiro atoms. The van der Waals surface area contributed by atoms with Crippen LogP contribution in [0, 0.1) is 0 Å². The van der Waals surface area contributed by atoms with Crippen molar-refractivity contribution in [1.82, 2.24) is 10.4 Å². The molecular formula is C24H19Cl2N3O3S2. The van der Waals surface area contributed by atoms with Crippen molar-refractivity contribution in [1.29, 1.82) is 0 Å². The van der Waals surface area contributed by atoms with Crippen molar-refractivity contribution in [2.45, 2.75) is 10.9 Å². The van der Waals surface area contributed by atoms with Crippen molar-refractivity contribution in [2.24, 2.45) is 5.10 Å². The molecule has 0 aliphatic rings. The normalized spacial score (nSPS) is 11.1. The first kappa shape index (κ1) is 24.3. The average molecular weight is 532 g/mol. The Morgan fingerprint density at radius 2 is 2.00 bits per heavy atom. The zero-order chi connectivity index (χ0) is 23.9. The van der Waals surface area contributed by atoms with Gasteiger partial charge in [0.15, 0.2) is 15.8 Å². The molecule has 6 nitrogen and oxygen atoms in total. The van der Waals surface area contributed by atoms with Crippen molar-refractivity contribution in [3.05, 3.63) is 81.8 Å². The van der Waals surface area contributed by atoms with E-state index < -0.39 is 0 Å². The molecule has 4 rings (SSSR count). The number of nitrogens with one attached hydrogen (secondary N) is 1. The van der Waals surface area contributed by atoms with Crippen LogP contribution < -0.4 is 14.9 Å². The van der Waals surface area contributed by atoms with Crippen LogP contribution in [-0.2, 0) is 11.4 Å². The molecule has 1 amide bonds. The monoisotopic (exact) mass is 531 g/mol. The Balaban J connectivity index is 1.37. The van der Waals surface area contributed by atoms with Crippen LogP contribution in [0.5, 0.6) is 11.5 Å². The molecule has 0 saturated heterocycles. The number of benzene rings is 3. The van der Waals surface area contributed by atoms with Crippen LogP contribution in [-0.4, -0.2) is 30.0 Å². The first-order valence-corrected chi connectivity index (χ1v) is 12.6. The smallest absolute Gasteiger partial charge is 0.250 e. The summed E-state index contributed by atoms with van der Waals surface area (Å²) in [6.45, 7) is 0.253. The Hall–Kier alpha value is -2.78. The number of hydrazone groups is 1. The molecule has 0 aliphatic carbocycles. The third-order valence-electron chi connectivity index (χ3n) is 4.59. The van der Waals surface area contributed by atoms with E-state index in [1.165, 1.54) is 18.0 Å². The number of carbonyl (C=O) groups is 1. The number of hydrogen-bond donors (Lipinski definition) is 1. The summed E-state index contributed by atoms with van der Waals surface area (Å²) in [6, 6.07) is 18.6. The molecule has 10 heteroatoms. The number of thiazole rings is 1. The van der Waals surface area contributed by atoms with Crippen LogP contribution in [0.3, 0.4) is 0 Å². The number of para-hydroxylation sites is 2. The SMILES string of the molecule is COc1cccc(/C=N/NC(=O)CSc2nc3ccccc3s2)c1OCc1ccc(Cl)c(Cl)c1. The van der Waals surface area contributed by atoms with Crippen molar-refractivity contribution < 1.29 is 14.3 Å². The van der Waals surface area contributed by atoms with Gasteiger partial charge in [0.2, 0.25) is 0 Å². The number of fused-ring (bicyclic) bond motifs is 1. The number of hydrogen-bond acceptors (Lipinski definition) is 7. The second-order valence-electron chi connectivity index (χ2n) is 6.95. The Morgan fingerprint density at radius 3 is 2.79 bits per heavy atom. The summed E-state index contributed by atoms with van der Waals surface area (Å²) >= 11 is 15.0. The van der Waals surface area contributed by atoms with E-state index in [9.17, 15) is 4.79 Å². The summed E-state index contributed by atoms with van der Waals surface area (Å²) in [7, 11) is 1.56. The van der Waals surface area contributed by atoms with Crippen LogP contribution in [0.15, 0.2) is 70.1 Å². The number of nitrogens with zero attached hydrogens (tertiary/aromatic N) is 2. The standard InChI is InChI=1S/C24H19Cl2N3O3S2/c1-31-20-7-4-5-16(23(20)32-13-15-9-10-17(25)18(26)11-15)12-27-29-22(30)14-33-24-28-19-6-2-3-8-21(19)34-24/h2-12H,13-14H2,1H3,(H,29,30)/b27-12+. The van der Waals surface area contributed by atoms with Crippen molar-refractivity contribution in [2.75, 3.05) is 12.9 Å². The molecule has 0 fully saturated rings. The van der Waals surface area contributed by atoms with Gasteiger partial charge in [-0.2, -0.15) is 5.10 Å². The largest absolute Gasteiger partial charge is 0.493 e. The molecule has 0 radical (unpaired) electrons. The molecular weight excluding hydrogens is 513 g/mol. The predicted octanol–water partition coefficient (Wildman–Crippen LogP) is 6.43. The number of amides is 1. The van der Waals surface area contributed by atoms with E-state index in [1.54, 1.807) is 36.6 Å². The maximum atomic E-state index is 12.3.